The molecule has 2 aromatic carbocycles. The van der Waals surface area contributed by atoms with Crippen LogP contribution in [0.4, 0.5) is 0 Å². The number of carbonyl (C=O) groups excluding carboxylic acids is 1. The van der Waals surface area contributed by atoms with Gasteiger partial charge in [0.05, 0.1) is 0 Å². The van der Waals surface area contributed by atoms with E-state index in [0.29, 0.717) is 13.0 Å². The Morgan fingerprint density at radius 2 is 1.67 bits per heavy atom. The highest BCUT2D eigenvalue weighted by atomic mass is 16.1. The Morgan fingerprint density at radius 3 is 2.39 bits per heavy atom. The van der Waals surface area contributed by atoms with Crippen LogP contribution < -0.4 is 10.7 Å². The molecule has 0 unspecified atom stereocenters. The highest BCUT2D eigenvalue weighted by molar-refractivity contribution is 5.78. The normalized spacial score (nSPS) is 11.2. The molecule has 3 aromatic rings. The summed E-state index contributed by atoms with van der Waals surface area (Å²) in [4.78, 5) is 25.6. The predicted octanol–water partition coefficient (Wildman–Crippen LogP) is 4.31. The number of hydrogen-bond acceptors (Lipinski definition) is 3. The SMILES string of the molecule is CN(CCCCNC(=O)CC=Cc1ccc(-n2ccc(=O)cc2)cc1)CCc1ccccc1. The Morgan fingerprint density at radius 1 is 0.939 bits per heavy atom. The predicted molar refractivity (Wildman–Crippen MR) is 136 cm³/mol. The largest absolute Gasteiger partial charge is 0.356 e. The summed E-state index contributed by atoms with van der Waals surface area (Å²) < 4.78 is 1.89. The van der Waals surface area contributed by atoms with E-state index >= 15 is 0 Å². The lowest BCUT2D eigenvalue weighted by Crippen LogP contribution is -2.26. The third-order valence-electron chi connectivity index (χ3n) is 5.52. The zero-order valence-corrected chi connectivity index (χ0v) is 19.3. The number of aromatic nitrogens is 1. The Bertz CT molecular complexity index is 1050. The molecular formula is C28H33N3O2. The van der Waals surface area contributed by atoms with E-state index in [1.807, 2.05) is 47.1 Å². The Hall–Kier alpha value is -3.44. The first-order valence-electron chi connectivity index (χ1n) is 11.5. The van der Waals surface area contributed by atoms with Gasteiger partial charge < -0.3 is 14.8 Å². The molecule has 0 spiro atoms. The second-order valence-electron chi connectivity index (χ2n) is 8.24. The van der Waals surface area contributed by atoms with Gasteiger partial charge >= 0.3 is 0 Å². The third kappa shape index (κ3) is 8.91. The quantitative estimate of drug-likeness (QED) is 0.425. The van der Waals surface area contributed by atoms with E-state index in [2.05, 4.69) is 41.5 Å². The second-order valence-corrected chi connectivity index (χ2v) is 8.24. The van der Waals surface area contributed by atoms with Crippen molar-refractivity contribution >= 4 is 12.0 Å². The molecule has 5 nitrogen and oxygen atoms in total. The fraction of sp³-hybridized carbons (Fsp3) is 0.286. The van der Waals surface area contributed by atoms with Crippen LogP contribution >= 0.6 is 0 Å². The molecule has 33 heavy (non-hydrogen) atoms. The van der Waals surface area contributed by atoms with E-state index in [1.165, 1.54) is 17.7 Å². The molecule has 0 fully saturated rings. The van der Waals surface area contributed by atoms with Crippen LogP contribution in [-0.4, -0.2) is 42.1 Å². The van der Waals surface area contributed by atoms with Crippen molar-refractivity contribution in [2.24, 2.45) is 0 Å². The van der Waals surface area contributed by atoms with Gasteiger partial charge in [0.25, 0.3) is 0 Å². The molecule has 3 rings (SSSR count). The number of unbranched alkanes of at least 4 members (excludes halogenated alkanes) is 1. The van der Waals surface area contributed by atoms with Gasteiger partial charge in [0, 0.05) is 49.7 Å². The summed E-state index contributed by atoms with van der Waals surface area (Å²) in [5.41, 5.74) is 3.38. The highest BCUT2D eigenvalue weighted by Gasteiger charge is 2.01. The molecule has 0 radical (unpaired) electrons. The Balaban J connectivity index is 1.28. The summed E-state index contributed by atoms with van der Waals surface area (Å²) >= 11 is 0. The average Bonchev–Trinajstić information content (AvgIpc) is 2.84. The molecule has 0 atom stereocenters. The van der Waals surface area contributed by atoms with Crippen molar-refractivity contribution in [2.45, 2.75) is 25.7 Å². The molecule has 0 bridgehead atoms. The van der Waals surface area contributed by atoms with Crippen LogP contribution in [-0.2, 0) is 11.2 Å². The van der Waals surface area contributed by atoms with E-state index < -0.39 is 0 Å². The van der Waals surface area contributed by atoms with E-state index in [9.17, 15) is 9.59 Å². The molecule has 1 N–H and O–H groups in total. The van der Waals surface area contributed by atoms with E-state index in [1.54, 1.807) is 12.4 Å². The van der Waals surface area contributed by atoms with Crippen LogP contribution in [0.1, 0.15) is 30.4 Å². The van der Waals surface area contributed by atoms with Gasteiger partial charge in [-0.1, -0.05) is 54.6 Å². The molecule has 0 aliphatic heterocycles. The number of benzene rings is 2. The minimum absolute atomic E-state index is 0.00440. The highest BCUT2D eigenvalue weighted by Crippen LogP contribution is 2.10. The second kappa shape index (κ2) is 13.2. The summed E-state index contributed by atoms with van der Waals surface area (Å²) in [6.45, 7) is 2.80. The van der Waals surface area contributed by atoms with Crippen molar-refractivity contribution in [3.63, 3.8) is 0 Å². The van der Waals surface area contributed by atoms with Crippen molar-refractivity contribution in [1.82, 2.24) is 14.8 Å². The first-order valence-corrected chi connectivity index (χ1v) is 11.5. The molecule has 5 heteroatoms. The number of nitrogens with one attached hydrogen (secondary N) is 1. The zero-order chi connectivity index (χ0) is 23.3. The number of likely N-dealkylation sites (N-methyl/N-ethyl adjacent to an activating group) is 1. The number of nitrogens with zero attached hydrogens (tertiary/aromatic N) is 2. The number of pyridine rings is 1. The van der Waals surface area contributed by atoms with Gasteiger partial charge in [-0.25, -0.2) is 0 Å². The van der Waals surface area contributed by atoms with Gasteiger partial charge in [-0.2, -0.15) is 0 Å². The molecule has 0 saturated carbocycles. The lowest BCUT2D eigenvalue weighted by Gasteiger charge is -2.16. The van der Waals surface area contributed by atoms with Crippen molar-refractivity contribution in [1.29, 1.82) is 0 Å². The van der Waals surface area contributed by atoms with Crippen molar-refractivity contribution in [3.8, 4) is 5.69 Å². The fourth-order valence-corrected chi connectivity index (χ4v) is 3.53. The van der Waals surface area contributed by atoms with Crippen molar-refractivity contribution < 1.29 is 4.79 Å². The third-order valence-corrected chi connectivity index (χ3v) is 5.52. The summed E-state index contributed by atoms with van der Waals surface area (Å²) in [5, 5.41) is 3.00. The summed E-state index contributed by atoms with van der Waals surface area (Å²) in [7, 11) is 2.15. The van der Waals surface area contributed by atoms with Crippen LogP contribution in [0.5, 0.6) is 0 Å². The molecule has 0 saturated heterocycles. The summed E-state index contributed by atoms with van der Waals surface area (Å²) in [6.07, 6.45) is 10.8. The maximum absolute atomic E-state index is 12.1. The van der Waals surface area contributed by atoms with Gasteiger partial charge in [0.1, 0.15) is 0 Å². The van der Waals surface area contributed by atoms with Crippen LogP contribution in [0.2, 0.25) is 0 Å². The summed E-state index contributed by atoms with van der Waals surface area (Å²) in [5.74, 6) is 0.0496. The van der Waals surface area contributed by atoms with Gasteiger partial charge in [0.2, 0.25) is 5.91 Å². The lowest BCUT2D eigenvalue weighted by atomic mass is 10.1. The Labute approximate surface area is 196 Å². The van der Waals surface area contributed by atoms with E-state index in [0.717, 1.165) is 43.6 Å². The standard InChI is InChI=1S/C28H33N3O2/c1-30(21-16-24-8-3-2-4-9-24)20-6-5-19-29-28(33)11-7-10-25-12-14-26(15-13-25)31-22-17-27(32)18-23-31/h2-4,7-10,12-15,17-18,22-23H,5-6,11,16,19-21H2,1H3,(H,29,33). The molecule has 1 aromatic heterocycles. The van der Waals surface area contributed by atoms with Crippen LogP contribution in [0.15, 0.2) is 90.0 Å². The number of rotatable bonds is 12. The molecule has 172 valence electrons. The van der Waals surface area contributed by atoms with Crippen molar-refractivity contribution in [2.75, 3.05) is 26.7 Å². The first-order chi connectivity index (χ1) is 16.1. The van der Waals surface area contributed by atoms with Gasteiger partial charge in [0.15, 0.2) is 5.43 Å². The molecule has 1 heterocycles. The lowest BCUT2D eigenvalue weighted by molar-refractivity contribution is -0.120. The molecule has 1 amide bonds. The minimum atomic E-state index is -0.00440. The molecule has 0 aliphatic carbocycles. The van der Waals surface area contributed by atoms with E-state index in [4.69, 9.17) is 0 Å². The number of amides is 1. The number of hydrogen-bond donors (Lipinski definition) is 1. The maximum Gasteiger partial charge on any atom is 0.223 e. The van der Waals surface area contributed by atoms with Crippen molar-refractivity contribution in [3.05, 3.63) is 107 Å². The Kier molecular flexibility index (Phi) is 9.67. The van der Waals surface area contributed by atoms with Crippen LogP contribution in [0.25, 0.3) is 11.8 Å². The fourth-order valence-electron chi connectivity index (χ4n) is 3.53. The van der Waals surface area contributed by atoms with Crippen LogP contribution in [0, 0.1) is 0 Å². The van der Waals surface area contributed by atoms with Gasteiger partial charge in [-0.3, -0.25) is 9.59 Å². The van der Waals surface area contributed by atoms with Crippen LogP contribution in [0.3, 0.4) is 0 Å². The maximum atomic E-state index is 12.1. The topological polar surface area (TPSA) is 54.3 Å². The first kappa shape index (κ1) is 24.2. The van der Waals surface area contributed by atoms with Gasteiger partial charge in [-0.05, 0) is 56.1 Å². The monoisotopic (exact) mass is 443 g/mol. The molecule has 0 aliphatic rings. The average molecular weight is 444 g/mol. The van der Waals surface area contributed by atoms with Gasteiger partial charge in [-0.15, -0.1) is 0 Å². The summed E-state index contributed by atoms with van der Waals surface area (Å²) in [6, 6.07) is 21.6. The van der Waals surface area contributed by atoms with E-state index in [-0.39, 0.29) is 11.3 Å². The zero-order valence-electron chi connectivity index (χ0n) is 19.3. The minimum Gasteiger partial charge on any atom is -0.356 e. The smallest absolute Gasteiger partial charge is 0.223 e. The number of carbonyl (C=O) groups is 1. The molecular weight excluding hydrogens is 410 g/mol.